The monoisotopic (exact) mass is 294 g/mol. The summed E-state index contributed by atoms with van der Waals surface area (Å²) in [7, 11) is 0. The lowest BCUT2D eigenvalue weighted by Crippen LogP contribution is -2.47. The van der Waals surface area contributed by atoms with E-state index in [1.807, 2.05) is 0 Å². The van der Waals surface area contributed by atoms with E-state index in [1.165, 1.54) is 58.3 Å². The van der Waals surface area contributed by atoms with Crippen molar-refractivity contribution in [2.45, 2.75) is 84.7 Å². The van der Waals surface area contributed by atoms with Crippen LogP contribution >= 0.6 is 0 Å². The minimum absolute atomic E-state index is 0.364. The Morgan fingerprint density at radius 1 is 0.619 bits per heavy atom. The second-order valence-corrected chi connectivity index (χ2v) is 9.44. The van der Waals surface area contributed by atoms with E-state index in [0.29, 0.717) is 11.1 Å². The second kappa shape index (κ2) is 6.58. The van der Waals surface area contributed by atoms with Crippen LogP contribution in [-0.2, 0) is 0 Å². The minimum atomic E-state index is 0.364. The Morgan fingerprint density at radius 2 is 0.905 bits per heavy atom. The highest BCUT2D eigenvalue weighted by atomic mass is 15.2. The molecule has 0 aromatic heterocycles. The lowest BCUT2D eigenvalue weighted by Gasteiger charge is -2.43. The van der Waals surface area contributed by atoms with Gasteiger partial charge in [0.25, 0.3) is 0 Å². The van der Waals surface area contributed by atoms with Crippen molar-refractivity contribution < 1.29 is 0 Å². The Hall–Kier alpha value is -0.0800. The largest absolute Gasteiger partial charge is 0.298 e. The Morgan fingerprint density at radius 3 is 1.14 bits per heavy atom. The third kappa shape index (κ3) is 4.96. The molecule has 2 heteroatoms. The van der Waals surface area contributed by atoms with Gasteiger partial charge < -0.3 is 0 Å². The average Bonchev–Trinajstić information content (AvgIpc) is 2.38. The van der Waals surface area contributed by atoms with Crippen LogP contribution < -0.4 is 0 Å². The summed E-state index contributed by atoms with van der Waals surface area (Å²) < 4.78 is 0. The Bertz CT molecular complexity index is 275. The fourth-order valence-electron chi connectivity index (χ4n) is 4.15. The molecular weight excluding hydrogens is 256 g/mol. The summed E-state index contributed by atoms with van der Waals surface area (Å²) in [6, 6.07) is 0. The van der Waals surface area contributed by atoms with Gasteiger partial charge in [-0.2, -0.15) is 0 Å². The molecular formula is C19H38N2. The molecule has 0 saturated carbocycles. The summed E-state index contributed by atoms with van der Waals surface area (Å²) >= 11 is 0. The molecule has 21 heavy (non-hydrogen) atoms. The smallest absolute Gasteiger partial charge is 0.0125 e. The van der Waals surface area contributed by atoms with Crippen molar-refractivity contribution >= 4 is 0 Å². The molecule has 0 spiro atoms. The maximum atomic E-state index is 2.67. The van der Waals surface area contributed by atoms with Crippen LogP contribution in [0.4, 0.5) is 0 Å². The highest BCUT2D eigenvalue weighted by molar-refractivity contribution is 4.85. The van der Waals surface area contributed by atoms with Crippen LogP contribution in [0.15, 0.2) is 0 Å². The molecule has 0 aliphatic carbocycles. The van der Waals surface area contributed by atoms with E-state index in [1.54, 1.807) is 0 Å². The summed E-state index contributed by atoms with van der Waals surface area (Å²) in [6.07, 6.45) is 7.21. The molecule has 2 rings (SSSR count). The maximum absolute atomic E-state index is 2.67. The van der Waals surface area contributed by atoms with Crippen molar-refractivity contribution in [2.24, 2.45) is 11.8 Å². The molecule has 0 aromatic carbocycles. The number of nitrogens with zero attached hydrogens (tertiary/aromatic N) is 2. The summed E-state index contributed by atoms with van der Waals surface area (Å²) in [6.45, 7) is 19.4. The molecule has 0 atom stereocenters. The molecule has 2 heterocycles. The van der Waals surface area contributed by atoms with Crippen LogP contribution in [0.3, 0.4) is 0 Å². The van der Waals surface area contributed by atoms with E-state index in [0.717, 1.165) is 11.8 Å². The van der Waals surface area contributed by atoms with Gasteiger partial charge in [-0.3, -0.25) is 9.80 Å². The molecule has 2 nitrogen and oxygen atoms in total. The zero-order valence-corrected chi connectivity index (χ0v) is 15.4. The van der Waals surface area contributed by atoms with E-state index in [9.17, 15) is 0 Å². The fraction of sp³-hybridized carbons (Fsp3) is 1.00. The normalized spacial score (nSPS) is 25.4. The van der Waals surface area contributed by atoms with E-state index in [4.69, 9.17) is 0 Å². The number of hydrogen-bond donors (Lipinski definition) is 0. The zero-order chi connectivity index (χ0) is 15.7. The van der Waals surface area contributed by atoms with Gasteiger partial charge in [0.15, 0.2) is 0 Å². The lowest BCUT2D eigenvalue weighted by molar-refractivity contribution is 0.0591. The maximum Gasteiger partial charge on any atom is 0.0125 e. The minimum Gasteiger partial charge on any atom is -0.298 e. The van der Waals surface area contributed by atoms with Gasteiger partial charge in [0.2, 0.25) is 0 Å². The molecule has 0 N–H and O–H groups in total. The van der Waals surface area contributed by atoms with E-state index in [2.05, 4.69) is 51.3 Å². The first-order chi connectivity index (χ1) is 9.66. The molecule has 0 bridgehead atoms. The van der Waals surface area contributed by atoms with Crippen LogP contribution in [-0.4, -0.2) is 47.1 Å². The molecule has 0 radical (unpaired) electrons. The summed E-state index contributed by atoms with van der Waals surface area (Å²) in [5, 5.41) is 0. The molecule has 0 amide bonds. The Kier molecular flexibility index (Phi) is 5.41. The van der Waals surface area contributed by atoms with Gasteiger partial charge in [-0.1, -0.05) is 0 Å². The summed E-state index contributed by atoms with van der Waals surface area (Å²) in [5.41, 5.74) is 0.728. The van der Waals surface area contributed by atoms with E-state index in [-0.39, 0.29) is 0 Å². The quantitative estimate of drug-likeness (QED) is 0.745. The number of likely N-dealkylation sites (tertiary alicyclic amines) is 2. The molecule has 0 unspecified atom stereocenters. The molecule has 2 saturated heterocycles. The highest BCUT2D eigenvalue weighted by Gasteiger charge is 2.31. The van der Waals surface area contributed by atoms with Crippen LogP contribution in [0, 0.1) is 11.8 Å². The third-order valence-electron chi connectivity index (χ3n) is 5.79. The predicted octanol–water partition coefficient (Wildman–Crippen LogP) is 4.40. The molecule has 2 aliphatic heterocycles. The van der Waals surface area contributed by atoms with Gasteiger partial charge in [0, 0.05) is 11.1 Å². The van der Waals surface area contributed by atoms with E-state index >= 15 is 0 Å². The van der Waals surface area contributed by atoms with Gasteiger partial charge >= 0.3 is 0 Å². The molecule has 0 aromatic rings. The average molecular weight is 295 g/mol. The van der Waals surface area contributed by atoms with Gasteiger partial charge in [-0.25, -0.2) is 0 Å². The number of hydrogen-bond acceptors (Lipinski definition) is 2. The van der Waals surface area contributed by atoms with Crippen LogP contribution in [0.2, 0.25) is 0 Å². The topological polar surface area (TPSA) is 6.48 Å². The van der Waals surface area contributed by atoms with Crippen molar-refractivity contribution in [3.8, 4) is 0 Å². The Labute approximate surface area is 133 Å². The molecule has 2 aliphatic rings. The predicted molar refractivity (Wildman–Crippen MR) is 92.7 cm³/mol. The van der Waals surface area contributed by atoms with Crippen molar-refractivity contribution in [3.63, 3.8) is 0 Å². The first kappa shape index (κ1) is 17.3. The molecule has 2 fully saturated rings. The molecule has 124 valence electrons. The van der Waals surface area contributed by atoms with Crippen molar-refractivity contribution in [1.29, 1.82) is 0 Å². The van der Waals surface area contributed by atoms with Gasteiger partial charge in [-0.15, -0.1) is 0 Å². The van der Waals surface area contributed by atoms with Gasteiger partial charge in [0.05, 0.1) is 0 Å². The van der Waals surface area contributed by atoms with Crippen LogP contribution in [0.25, 0.3) is 0 Å². The summed E-state index contributed by atoms with van der Waals surface area (Å²) in [4.78, 5) is 5.34. The highest BCUT2D eigenvalue weighted by Crippen LogP contribution is 2.33. The number of piperidine rings is 2. The van der Waals surface area contributed by atoms with Crippen molar-refractivity contribution in [1.82, 2.24) is 9.80 Å². The van der Waals surface area contributed by atoms with Crippen LogP contribution in [0.5, 0.6) is 0 Å². The first-order valence-corrected chi connectivity index (χ1v) is 9.16. The zero-order valence-electron chi connectivity index (χ0n) is 15.4. The second-order valence-electron chi connectivity index (χ2n) is 9.44. The lowest BCUT2D eigenvalue weighted by atomic mass is 9.81. The SMILES string of the molecule is CC(C)(C)N1CCC(CC2CCN(C(C)(C)C)CC2)CC1. The van der Waals surface area contributed by atoms with E-state index < -0.39 is 0 Å². The van der Waals surface area contributed by atoms with Crippen LogP contribution in [0.1, 0.15) is 73.6 Å². The third-order valence-corrected chi connectivity index (χ3v) is 5.79. The Balaban J connectivity index is 1.71. The van der Waals surface area contributed by atoms with Crippen molar-refractivity contribution in [3.05, 3.63) is 0 Å². The summed E-state index contributed by atoms with van der Waals surface area (Å²) in [5.74, 6) is 1.99. The van der Waals surface area contributed by atoms with Gasteiger partial charge in [-0.05, 0) is 112 Å². The van der Waals surface area contributed by atoms with Crippen molar-refractivity contribution in [2.75, 3.05) is 26.2 Å². The van der Waals surface area contributed by atoms with Gasteiger partial charge in [0.1, 0.15) is 0 Å². The standard InChI is InChI=1S/C19H38N2/c1-18(2,3)20-11-7-16(8-12-20)15-17-9-13-21(14-10-17)19(4,5)6/h16-17H,7-15H2,1-6H3. The fourth-order valence-corrected chi connectivity index (χ4v) is 4.15. The first-order valence-electron chi connectivity index (χ1n) is 9.16. The number of rotatable bonds is 2.